The maximum atomic E-state index is 12.0. The summed E-state index contributed by atoms with van der Waals surface area (Å²) in [6.45, 7) is 7.05. The molecule has 0 bridgehead atoms. The smallest absolute Gasteiger partial charge is 0.303 e. The number of terminal acetylenes is 1. The molecule has 144 valence electrons. The molecule has 0 heterocycles. The van der Waals surface area contributed by atoms with Crippen molar-refractivity contribution in [2.45, 2.75) is 46.5 Å². The van der Waals surface area contributed by atoms with Gasteiger partial charge >= 0.3 is 5.97 Å². The summed E-state index contributed by atoms with van der Waals surface area (Å²) in [7, 11) is 0. The Labute approximate surface area is 155 Å². The van der Waals surface area contributed by atoms with Gasteiger partial charge in [0.1, 0.15) is 0 Å². The minimum atomic E-state index is -0.973. The second-order valence-electron chi connectivity index (χ2n) is 7.30. The highest BCUT2D eigenvalue weighted by atomic mass is 16.4. The average Bonchev–Trinajstić information content (AvgIpc) is 2.57. The molecule has 0 aromatic carbocycles. The molecule has 2 amide bonds. The molecule has 3 atom stereocenters. The molecule has 0 saturated heterocycles. The van der Waals surface area contributed by atoms with Crippen molar-refractivity contribution in [3.8, 4) is 12.3 Å². The maximum absolute atomic E-state index is 12.0. The standard InChI is InChI=1S/C20H30N2O4/c1-5-8-21-19(24)11-15-10-17(13(2)3)16(9-14(15)4)12-22-18(23)6-7-20(25)26/h1,9,13,15-17H,6-8,10-12H2,2-4H3,(H,21,24)(H,22,23)(H,25,26). The number of amides is 2. The molecule has 3 unspecified atom stereocenters. The van der Waals surface area contributed by atoms with Gasteiger partial charge in [-0.15, -0.1) is 6.42 Å². The monoisotopic (exact) mass is 362 g/mol. The van der Waals surface area contributed by atoms with Crippen LogP contribution in [0.3, 0.4) is 0 Å². The molecule has 1 aliphatic rings. The van der Waals surface area contributed by atoms with E-state index in [1.807, 2.05) is 6.92 Å². The summed E-state index contributed by atoms with van der Waals surface area (Å²) in [5.41, 5.74) is 1.16. The number of hydrogen-bond donors (Lipinski definition) is 3. The Balaban J connectivity index is 2.68. The van der Waals surface area contributed by atoms with E-state index in [1.54, 1.807) is 0 Å². The van der Waals surface area contributed by atoms with Crippen LogP contribution in [0.5, 0.6) is 0 Å². The largest absolute Gasteiger partial charge is 0.481 e. The highest BCUT2D eigenvalue weighted by Crippen LogP contribution is 2.38. The van der Waals surface area contributed by atoms with E-state index < -0.39 is 5.97 Å². The van der Waals surface area contributed by atoms with Crippen LogP contribution in [0, 0.1) is 36.0 Å². The Morgan fingerprint density at radius 1 is 1.27 bits per heavy atom. The second-order valence-corrected chi connectivity index (χ2v) is 7.30. The molecule has 6 nitrogen and oxygen atoms in total. The molecule has 0 radical (unpaired) electrons. The minimum absolute atomic E-state index is 0.00489. The number of aliphatic carboxylic acids is 1. The van der Waals surface area contributed by atoms with Gasteiger partial charge < -0.3 is 15.7 Å². The predicted octanol–water partition coefficient (Wildman–Crippen LogP) is 1.96. The maximum Gasteiger partial charge on any atom is 0.303 e. The van der Waals surface area contributed by atoms with Gasteiger partial charge in [-0.1, -0.05) is 31.4 Å². The van der Waals surface area contributed by atoms with Crippen molar-refractivity contribution < 1.29 is 19.5 Å². The van der Waals surface area contributed by atoms with Gasteiger partial charge in [0, 0.05) is 19.4 Å². The van der Waals surface area contributed by atoms with Crippen LogP contribution in [0.15, 0.2) is 11.6 Å². The Morgan fingerprint density at radius 3 is 2.54 bits per heavy atom. The van der Waals surface area contributed by atoms with Gasteiger partial charge in [-0.3, -0.25) is 14.4 Å². The topological polar surface area (TPSA) is 95.5 Å². The zero-order chi connectivity index (χ0) is 19.7. The molecular weight excluding hydrogens is 332 g/mol. The van der Waals surface area contributed by atoms with Crippen molar-refractivity contribution in [1.82, 2.24) is 10.6 Å². The summed E-state index contributed by atoms with van der Waals surface area (Å²) < 4.78 is 0. The fourth-order valence-corrected chi connectivity index (χ4v) is 3.49. The number of allylic oxidation sites excluding steroid dienone is 1. The van der Waals surface area contributed by atoms with Crippen molar-refractivity contribution in [3.05, 3.63) is 11.6 Å². The van der Waals surface area contributed by atoms with Crippen LogP contribution in [-0.2, 0) is 14.4 Å². The summed E-state index contributed by atoms with van der Waals surface area (Å²) in [6.07, 6.45) is 8.47. The van der Waals surface area contributed by atoms with E-state index in [4.69, 9.17) is 11.5 Å². The van der Waals surface area contributed by atoms with Crippen LogP contribution in [0.25, 0.3) is 0 Å². The molecule has 1 rings (SSSR count). The molecule has 0 aromatic rings. The molecule has 0 saturated carbocycles. The van der Waals surface area contributed by atoms with Crippen LogP contribution in [-0.4, -0.2) is 36.0 Å². The second kappa shape index (κ2) is 10.6. The number of carboxylic acid groups (broad SMARTS) is 1. The molecule has 6 heteroatoms. The number of nitrogens with one attached hydrogen (secondary N) is 2. The normalized spacial score (nSPS) is 22.3. The summed E-state index contributed by atoms with van der Waals surface area (Å²) in [4.78, 5) is 34.3. The van der Waals surface area contributed by atoms with Crippen LogP contribution in [0.4, 0.5) is 0 Å². The zero-order valence-corrected chi connectivity index (χ0v) is 15.9. The summed E-state index contributed by atoms with van der Waals surface area (Å²) in [6, 6.07) is 0. The summed E-state index contributed by atoms with van der Waals surface area (Å²) in [5, 5.41) is 14.2. The van der Waals surface area contributed by atoms with Crippen molar-refractivity contribution in [1.29, 1.82) is 0 Å². The van der Waals surface area contributed by atoms with Gasteiger partial charge in [0.25, 0.3) is 0 Å². The Hall–Kier alpha value is -2.29. The average molecular weight is 362 g/mol. The highest BCUT2D eigenvalue weighted by Gasteiger charge is 2.32. The molecule has 0 spiro atoms. The van der Waals surface area contributed by atoms with Gasteiger partial charge in [-0.2, -0.15) is 0 Å². The first kappa shape index (κ1) is 21.8. The molecule has 0 aromatic heterocycles. The van der Waals surface area contributed by atoms with Crippen molar-refractivity contribution in [2.75, 3.05) is 13.1 Å². The lowest BCUT2D eigenvalue weighted by atomic mass is 9.69. The van der Waals surface area contributed by atoms with Crippen LogP contribution < -0.4 is 10.6 Å². The summed E-state index contributed by atoms with van der Waals surface area (Å²) in [5.74, 6) is 2.28. The molecule has 0 fully saturated rings. The lowest BCUT2D eigenvalue weighted by Crippen LogP contribution is -2.37. The number of carboxylic acids is 1. The Bertz CT molecular complexity index is 589. The van der Waals surface area contributed by atoms with Gasteiger partial charge in [0.15, 0.2) is 0 Å². The molecule has 0 aliphatic heterocycles. The molecule has 26 heavy (non-hydrogen) atoms. The van der Waals surface area contributed by atoms with Crippen molar-refractivity contribution in [3.63, 3.8) is 0 Å². The van der Waals surface area contributed by atoms with Gasteiger partial charge in [-0.25, -0.2) is 0 Å². The first-order chi connectivity index (χ1) is 12.2. The van der Waals surface area contributed by atoms with E-state index >= 15 is 0 Å². The number of carbonyl (C=O) groups excluding carboxylic acids is 2. The quantitative estimate of drug-likeness (QED) is 0.432. The van der Waals surface area contributed by atoms with E-state index in [2.05, 4.69) is 36.5 Å². The van der Waals surface area contributed by atoms with E-state index in [0.29, 0.717) is 24.8 Å². The molecule has 1 aliphatic carbocycles. The third-order valence-corrected chi connectivity index (χ3v) is 5.00. The van der Waals surface area contributed by atoms with Crippen LogP contribution in [0.1, 0.15) is 46.5 Å². The first-order valence-electron chi connectivity index (χ1n) is 9.11. The third-order valence-electron chi connectivity index (χ3n) is 5.00. The van der Waals surface area contributed by atoms with E-state index in [0.717, 1.165) is 12.0 Å². The number of rotatable bonds is 9. The van der Waals surface area contributed by atoms with E-state index in [1.165, 1.54) is 0 Å². The van der Waals surface area contributed by atoms with E-state index in [9.17, 15) is 14.4 Å². The van der Waals surface area contributed by atoms with Gasteiger partial charge in [-0.05, 0) is 37.0 Å². The SMILES string of the molecule is C#CCNC(=O)CC1CC(C(C)C)C(CNC(=O)CCC(=O)O)C=C1C. The van der Waals surface area contributed by atoms with E-state index in [-0.39, 0.29) is 43.0 Å². The number of hydrogen-bond acceptors (Lipinski definition) is 3. The van der Waals surface area contributed by atoms with Gasteiger partial charge in [0.2, 0.25) is 11.8 Å². The Morgan fingerprint density at radius 2 is 1.96 bits per heavy atom. The predicted molar refractivity (Wildman–Crippen MR) is 100 cm³/mol. The van der Waals surface area contributed by atoms with Crippen LogP contribution >= 0.6 is 0 Å². The first-order valence-corrected chi connectivity index (χ1v) is 9.11. The molecular formula is C20H30N2O4. The van der Waals surface area contributed by atoms with Crippen molar-refractivity contribution in [2.24, 2.45) is 23.7 Å². The fraction of sp³-hybridized carbons (Fsp3) is 0.650. The zero-order valence-electron chi connectivity index (χ0n) is 15.9. The lowest BCUT2D eigenvalue weighted by Gasteiger charge is -2.37. The fourth-order valence-electron chi connectivity index (χ4n) is 3.49. The lowest BCUT2D eigenvalue weighted by molar-refractivity contribution is -0.138. The van der Waals surface area contributed by atoms with Crippen molar-refractivity contribution >= 4 is 17.8 Å². The Kier molecular flexibility index (Phi) is 8.91. The highest BCUT2D eigenvalue weighted by molar-refractivity contribution is 5.80. The van der Waals surface area contributed by atoms with Crippen LogP contribution in [0.2, 0.25) is 0 Å². The van der Waals surface area contributed by atoms with Gasteiger partial charge in [0.05, 0.1) is 13.0 Å². The summed E-state index contributed by atoms with van der Waals surface area (Å²) >= 11 is 0. The third kappa shape index (κ3) is 7.30. The number of carbonyl (C=O) groups is 3. The minimum Gasteiger partial charge on any atom is -0.481 e. The molecule has 3 N–H and O–H groups in total.